The Balaban J connectivity index is 2.32. The average Bonchev–Trinajstić information content (AvgIpc) is 2.68. The first-order valence-electron chi connectivity index (χ1n) is 5.73. The Morgan fingerprint density at radius 3 is 2.94 bits per heavy atom. The van der Waals surface area contributed by atoms with Crippen molar-refractivity contribution in [3.8, 4) is 5.75 Å². The summed E-state index contributed by atoms with van der Waals surface area (Å²) in [5.74, 6) is 0.0622. The highest BCUT2D eigenvalue weighted by atomic mass is 16.5. The lowest BCUT2D eigenvalue weighted by Gasteiger charge is -2.16. The third-order valence-electron chi connectivity index (χ3n) is 2.85. The Kier molecular flexibility index (Phi) is 3.28. The lowest BCUT2D eigenvalue weighted by Crippen LogP contribution is -2.23. The fraction of sp³-hybridized carbons (Fsp3) is 0.500. The number of nitrogens with two attached hydrogens (primary N) is 1. The molecule has 1 atom stereocenters. The van der Waals surface area contributed by atoms with Gasteiger partial charge in [0.05, 0.1) is 5.69 Å². The van der Waals surface area contributed by atoms with Crippen LogP contribution in [-0.2, 0) is 0 Å². The molecule has 5 nitrogen and oxygen atoms in total. The van der Waals surface area contributed by atoms with E-state index in [0.29, 0.717) is 17.0 Å². The Hall–Kier alpha value is -1.62. The van der Waals surface area contributed by atoms with E-state index >= 15 is 0 Å². The summed E-state index contributed by atoms with van der Waals surface area (Å²) in [6.45, 7) is 5.39. The molecular formula is C12H17N3O2. The molecule has 1 amide bonds. The number of primary amides is 1. The van der Waals surface area contributed by atoms with Gasteiger partial charge in [0, 0.05) is 18.3 Å². The van der Waals surface area contributed by atoms with E-state index in [0.717, 1.165) is 25.2 Å². The van der Waals surface area contributed by atoms with Crippen LogP contribution >= 0.6 is 0 Å². The van der Waals surface area contributed by atoms with Crippen LogP contribution in [0.15, 0.2) is 6.07 Å². The largest absolute Gasteiger partial charge is 0.488 e. The average molecular weight is 235 g/mol. The van der Waals surface area contributed by atoms with Gasteiger partial charge in [-0.2, -0.15) is 0 Å². The number of hydrogen-bond donors (Lipinski definition) is 2. The van der Waals surface area contributed by atoms with E-state index < -0.39 is 5.91 Å². The highest BCUT2D eigenvalue weighted by Crippen LogP contribution is 2.24. The van der Waals surface area contributed by atoms with Gasteiger partial charge in [-0.15, -0.1) is 0 Å². The normalized spacial score (nSPS) is 19.3. The lowest BCUT2D eigenvalue weighted by molar-refractivity contribution is 0.0992. The van der Waals surface area contributed by atoms with Crippen molar-refractivity contribution in [3.63, 3.8) is 0 Å². The summed E-state index contributed by atoms with van der Waals surface area (Å²) in [6.07, 6.45) is 1.05. The van der Waals surface area contributed by atoms with E-state index in [1.807, 2.05) is 6.92 Å². The van der Waals surface area contributed by atoms with Crippen LogP contribution in [0.3, 0.4) is 0 Å². The maximum Gasteiger partial charge on any atom is 0.254 e. The maximum absolute atomic E-state index is 11.4. The van der Waals surface area contributed by atoms with E-state index in [4.69, 9.17) is 10.5 Å². The molecule has 1 fully saturated rings. The summed E-state index contributed by atoms with van der Waals surface area (Å²) in [6, 6.07) is 1.77. The molecule has 0 aromatic carbocycles. The van der Waals surface area contributed by atoms with Gasteiger partial charge in [0.15, 0.2) is 0 Å². The number of amides is 1. The van der Waals surface area contributed by atoms with Gasteiger partial charge in [-0.05, 0) is 26.8 Å². The van der Waals surface area contributed by atoms with Gasteiger partial charge < -0.3 is 15.8 Å². The number of hydrogen-bond acceptors (Lipinski definition) is 4. The maximum atomic E-state index is 11.4. The van der Waals surface area contributed by atoms with Crippen LogP contribution in [0.2, 0.25) is 0 Å². The summed E-state index contributed by atoms with van der Waals surface area (Å²) < 4.78 is 5.83. The molecule has 1 aliphatic rings. The first kappa shape index (κ1) is 11.9. The fourth-order valence-electron chi connectivity index (χ4n) is 2.09. The van der Waals surface area contributed by atoms with E-state index in [9.17, 15) is 4.79 Å². The minimum Gasteiger partial charge on any atom is -0.488 e. The Morgan fingerprint density at radius 1 is 1.59 bits per heavy atom. The van der Waals surface area contributed by atoms with Crippen LogP contribution in [0.5, 0.6) is 5.75 Å². The Labute approximate surface area is 100 Å². The molecule has 1 aromatic rings. The SMILES string of the molecule is Cc1cc(OC2CCNC2)c(C(N)=O)c(C)n1. The predicted octanol–water partition coefficient (Wildman–Crippen LogP) is 0.538. The molecule has 1 aromatic heterocycles. The monoisotopic (exact) mass is 235 g/mol. The predicted molar refractivity (Wildman–Crippen MR) is 64.1 cm³/mol. The Bertz CT molecular complexity index is 440. The number of rotatable bonds is 3. The second-order valence-electron chi connectivity index (χ2n) is 4.32. The quantitative estimate of drug-likeness (QED) is 0.801. The van der Waals surface area contributed by atoms with Crippen molar-refractivity contribution < 1.29 is 9.53 Å². The van der Waals surface area contributed by atoms with E-state index in [1.165, 1.54) is 0 Å². The van der Waals surface area contributed by atoms with Gasteiger partial charge in [0.1, 0.15) is 17.4 Å². The van der Waals surface area contributed by atoms with Crippen molar-refractivity contribution in [2.24, 2.45) is 5.73 Å². The topological polar surface area (TPSA) is 77.2 Å². The van der Waals surface area contributed by atoms with Crippen molar-refractivity contribution in [1.82, 2.24) is 10.3 Å². The van der Waals surface area contributed by atoms with E-state index in [-0.39, 0.29) is 6.10 Å². The number of aryl methyl sites for hydroxylation is 2. The second-order valence-corrected chi connectivity index (χ2v) is 4.32. The highest BCUT2D eigenvalue weighted by molar-refractivity contribution is 5.96. The van der Waals surface area contributed by atoms with Gasteiger partial charge in [-0.3, -0.25) is 9.78 Å². The zero-order valence-corrected chi connectivity index (χ0v) is 10.1. The van der Waals surface area contributed by atoms with Gasteiger partial charge >= 0.3 is 0 Å². The molecular weight excluding hydrogens is 218 g/mol. The lowest BCUT2D eigenvalue weighted by atomic mass is 10.1. The molecule has 0 bridgehead atoms. The summed E-state index contributed by atoms with van der Waals surface area (Å²) in [5, 5.41) is 3.21. The van der Waals surface area contributed by atoms with Crippen LogP contribution in [0, 0.1) is 13.8 Å². The van der Waals surface area contributed by atoms with Crippen molar-refractivity contribution in [3.05, 3.63) is 23.0 Å². The highest BCUT2D eigenvalue weighted by Gasteiger charge is 2.21. The van der Waals surface area contributed by atoms with Crippen LogP contribution in [-0.4, -0.2) is 30.1 Å². The summed E-state index contributed by atoms with van der Waals surface area (Å²) in [7, 11) is 0. The van der Waals surface area contributed by atoms with Crippen molar-refractivity contribution in [2.45, 2.75) is 26.4 Å². The van der Waals surface area contributed by atoms with Crippen LogP contribution in [0.4, 0.5) is 0 Å². The van der Waals surface area contributed by atoms with Gasteiger partial charge in [-0.1, -0.05) is 0 Å². The van der Waals surface area contributed by atoms with Crippen LogP contribution in [0.25, 0.3) is 0 Å². The summed E-state index contributed by atoms with van der Waals surface area (Å²) in [4.78, 5) is 15.6. The number of carbonyl (C=O) groups is 1. The van der Waals surface area contributed by atoms with E-state index in [2.05, 4.69) is 10.3 Å². The molecule has 2 rings (SSSR count). The molecule has 1 aliphatic heterocycles. The molecule has 17 heavy (non-hydrogen) atoms. The van der Waals surface area contributed by atoms with Gasteiger partial charge in [0.25, 0.3) is 5.91 Å². The first-order valence-corrected chi connectivity index (χ1v) is 5.73. The van der Waals surface area contributed by atoms with Crippen molar-refractivity contribution >= 4 is 5.91 Å². The molecule has 1 saturated heterocycles. The summed E-state index contributed by atoms with van der Waals surface area (Å²) >= 11 is 0. The minimum absolute atomic E-state index is 0.106. The zero-order chi connectivity index (χ0) is 12.4. The molecule has 0 spiro atoms. The van der Waals surface area contributed by atoms with Crippen molar-refractivity contribution in [1.29, 1.82) is 0 Å². The number of aromatic nitrogens is 1. The van der Waals surface area contributed by atoms with Crippen LogP contribution in [0.1, 0.15) is 28.2 Å². The molecule has 5 heteroatoms. The van der Waals surface area contributed by atoms with Crippen molar-refractivity contribution in [2.75, 3.05) is 13.1 Å². The number of ether oxygens (including phenoxy) is 1. The summed E-state index contributed by atoms with van der Waals surface area (Å²) in [5.41, 5.74) is 7.21. The number of carbonyl (C=O) groups excluding carboxylic acids is 1. The molecule has 0 radical (unpaired) electrons. The van der Waals surface area contributed by atoms with E-state index in [1.54, 1.807) is 13.0 Å². The standard InChI is InChI=1S/C12H17N3O2/c1-7-5-10(17-9-3-4-14-6-9)11(12(13)16)8(2)15-7/h5,9,14H,3-4,6H2,1-2H3,(H2,13,16). The van der Waals surface area contributed by atoms with Gasteiger partial charge in [0.2, 0.25) is 0 Å². The number of nitrogens with one attached hydrogen (secondary N) is 1. The molecule has 0 saturated carbocycles. The fourth-order valence-corrected chi connectivity index (χ4v) is 2.09. The third-order valence-corrected chi connectivity index (χ3v) is 2.85. The molecule has 3 N–H and O–H groups in total. The Morgan fingerprint density at radius 2 is 2.35 bits per heavy atom. The molecule has 92 valence electrons. The van der Waals surface area contributed by atoms with Crippen LogP contribution < -0.4 is 15.8 Å². The zero-order valence-electron chi connectivity index (χ0n) is 10.1. The van der Waals surface area contributed by atoms with Gasteiger partial charge in [-0.25, -0.2) is 0 Å². The number of nitrogens with zero attached hydrogens (tertiary/aromatic N) is 1. The minimum atomic E-state index is -0.490. The second kappa shape index (κ2) is 4.71. The molecule has 0 aliphatic carbocycles. The number of pyridine rings is 1. The molecule has 1 unspecified atom stereocenters. The first-order chi connectivity index (χ1) is 8.08. The molecule has 2 heterocycles. The smallest absolute Gasteiger partial charge is 0.254 e. The third kappa shape index (κ3) is 2.55.